The van der Waals surface area contributed by atoms with E-state index in [1.54, 1.807) is 0 Å². The lowest BCUT2D eigenvalue weighted by molar-refractivity contribution is 0.0535. The molecular weight excluding hydrogens is 252 g/mol. The Labute approximate surface area is 120 Å². The maximum absolute atomic E-state index is 11.4. The number of rotatable bonds is 2. The van der Waals surface area contributed by atoms with E-state index in [-0.39, 0.29) is 6.54 Å². The maximum atomic E-state index is 11.4. The summed E-state index contributed by atoms with van der Waals surface area (Å²) in [5.41, 5.74) is 7.97. The van der Waals surface area contributed by atoms with Crippen LogP contribution in [0, 0.1) is 11.8 Å². The van der Waals surface area contributed by atoms with Crippen molar-refractivity contribution < 1.29 is 9.53 Å². The van der Waals surface area contributed by atoms with Crippen molar-refractivity contribution >= 4 is 11.8 Å². The molecule has 1 aromatic carbocycles. The maximum Gasteiger partial charge on any atom is 0.408 e. The fraction of sp³-hybridized carbons (Fsp3) is 0.438. The number of nitrogens with two attached hydrogens (primary N) is 1. The van der Waals surface area contributed by atoms with Gasteiger partial charge in [0.05, 0.1) is 6.54 Å². The molecule has 0 unspecified atom stereocenters. The molecule has 4 nitrogen and oxygen atoms in total. The molecular formula is C16H22N2O2. The highest BCUT2D eigenvalue weighted by Gasteiger charge is 2.14. The van der Waals surface area contributed by atoms with Crippen LogP contribution >= 0.6 is 0 Å². The van der Waals surface area contributed by atoms with Crippen molar-refractivity contribution in [1.82, 2.24) is 5.32 Å². The summed E-state index contributed by atoms with van der Waals surface area (Å²) in [4.78, 5) is 11.4. The molecule has 1 rings (SSSR count). The fourth-order valence-electron chi connectivity index (χ4n) is 1.50. The van der Waals surface area contributed by atoms with Crippen molar-refractivity contribution in [3.8, 4) is 11.8 Å². The molecule has 0 saturated carbocycles. The highest BCUT2D eigenvalue weighted by molar-refractivity contribution is 5.68. The SMILES string of the molecule is CCc1ccc(N)c(C#CCNC(=O)OC(C)(C)C)c1. The second-order valence-corrected chi connectivity index (χ2v) is 5.43. The lowest BCUT2D eigenvalue weighted by Gasteiger charge is -2.19. The highest BCUT2D eigenvalue weighted by atomic mass is 16.6. The number of carbonyl (C=O) groups is 1. The average molecular weight is 274 g/mol. The van der Waals surface area contributed by atoms with E-state index in [0.717, 1.165) is 12.0 Å². The molecule has 0 saturated heterocycles. The van der Waals surface area contributed by atoms with Crippen LogP contribution in [0.4, 0.5) is 10.5 Å². The lowest BCUT2D eigenvalue weighted by Crippen LogP contribution is -2.32. The van der Waals surface area contributed by atoms with Crippen molar-refractivity contribution in [3.63, 3.8) is 0 Å². The molecule has 0 radical (unpaired) electrons. The van der Waals surface area contributed by atoms with Crippen molar-refractivity contribution in [1.29, 1.82) is 0 Å². The number of ether oxygens (including phenoxy) is 1. The van der Waals surface area contributed by atoms with E-state index in [4.69, 9.17) is 10.5 Å². The summed E-state index contributed by atoms with van der Waals surface area (Å²) in [7, 11) is 0. The van der Waals surface area contributed by atoms with Gasteiger partial charge in [0.1, 0.15) is 5.60 Å². The monoisotopic (exact) mass is 274 g/mol. The summed E-state index contributed by atoms with van der Waals surface area (Å²) in [6.45, 7) is 7.75. The molecule has 3 N–H and O–H groups in total. The zero-order valence-corrected chi connectivity index (χ0v) is 12.5. The van der Waals surface area contributed by atoms with Gasteiger partial charge < -0.3 is 15.8 Å². The smallest absolute Gasteiger partial charge is 0.408 e. The topological polar surface area (TPSA) is 64.3 Å². The largest absolute Gasteiger partial charge is 0.444 e. The molecule has 20 heavy (non-hydrogen) atoms. The molecule has 0 aliphatic carbocycles. The Balaban J connectivity index is 2.57. The summed E-state index contributed by atoms with van der Waals surface area (Å²) < 4.78 is 5.11. The third-order valence-electron chi connectivity index (χ3n) is 2.47. The quantitative estimate of drug-likeness (QED) is 0.644. The molecule has 1 amide bonds. The minimum Gasteiger partial charge on any atom is -0.444 e. The number of hydrogen-bond acceptors (Lipinski definition) is 3. The first kappa shape index (κ1) is 15.9. The summed E-state index contributed by atoms with van der Waals surface area (Å²) in [5, 5.41) is 2.58. The van der Waals surface area contributed by atoms with E-state index in [2.05, 4.69) is 24.1 Å². The minimum absolute atomic E-state index is 0.227. The van der Waals surface area contributed by atoms with Gasteiger partial charge >= 0.3 is 6.09 Å². The van der Waals surface area contributed by atoms with Crippen LogP contribution in [-0.2, 0) is 11.2 Å². The zero-order valence-electron chi connectivity index (χ0n) is 12.5. The van der Waals surface area contributed by atoms with E-state index in [9.17, 15) is 4.79 Å². The predicted octanol–water partition coefficient (Wildman–Crippen LogP) is 2.71. The number of nitrogen functional groups attached to an aromatic ring is 1. The van der Waals surface area contributed by atoms with E-state index >= 15 is 0 Å². The van der Waals surface area contributed by atoms with Gasteiger partial charge in [-0.05, 0) is 44.9 Å². The molecule has 1 aromatic rings. The summed E-state index contributed by atoms with van der Waals surface area (Å²) >= 11 is 0. The Bertz CT molecular complexity index is 534. The van der Waals surface area contributed by atoms with Crippen LogP contribution in [0.25, 0.3) is 0 Å². The molecule has 0 aliphatic heterocycles. The highest BCUT2D eigenvalue weighted by Crippen LogP contribution is 2.13. The Morgan fingerprint density at radius 2 is 2.10 bits per heavy atom. The summed E-state index contributed by atoms with van der Waals surface area (Å²) in [5.74, 6) is 5.83. The van der Waals surface area contributed by atoms with Crippen LogP contribution in [0.1, 0.15) is 38.8 Å². The number of benzene rings is 1. The van der Waals surface area contributed by atoms with Gasteiger partial charge in [-0.2, -0.15) is 0 Å². The van der Waals surface area contributed by atoms with Crippen LogP contribution in [0.15, 0.2) is 18.2 Å². The first-order chi connectivity index (χ1) is 9.31. The summed E-state index contributed by atoms with van der Waals surface area (Å²) in [6, 6.07) is 5.80. The van der Waals surface area contributed by atoms with Crippen molar-refractivity contribution in [2.45, 2.75) is 39.7 Å². The number of nitrogens with one attached hydrogen (secondary N) is 1. The van der Waals surface area contributed by atoms with E-state index in [0.29, 0.717) is 5.69 Å². The van der Waals surface area contributed by atoms with Gasteiger partial charge in [-0.15, -0.1) is 0 Å². The number of carbonyl (C=O) groups excluding carboxylic acids is 1. The number of hydrogen-bond donors (Lipinski definition) is 2. The van der Waals surface area contributed by atoms with Gasteiger partial charge in [-0.3, -0.25) is 0 Å². The molecule has 0 spiro atoms. The average Bonchev–Trinajstić information content (AvgIpc) is 2.34. The lowest BCUT2D eigenvalue weighted by atomic mass is 10.1. The molecule has 108 valence electrons. The van der Waals surface area contributed by atoms with E-state index < -0.39 is 11.7 Å². The van der Waals surface area contributed by atoms with Crippen molar-refractivity contribution in [2.75, 3.05) is 12.3 Å². The van der Waals surface area contributed by atoms with Crippen molar-refractivity contribution in [2.24, 2.45) is 0 Å². The standard InChI is InChI=1S/C16H22N2O2/c1-5-12-8-9-14(17)13(11-12)7-6-10-18-15(19)20-16(2,3)4/h8-9,11H,5,10,17H2,1-4H3,(H,18,19). The Morgan fingerprint density at radius 3 is 2.70 bits per heavy atom. The molecule has 0 aliphatic rings. The number of aryl methyl sites for hydroxylation is 1. The van der Waals surface area contributed by atoms with E-state index in [1.165, 1.54) is 5.56 Å². The Morgan fingerprint density at radius 1 is 1.40 bits per heavy atom. The van der Waals surface area contributed by atoms with Gasteiger partial charge in [-0.1, -0.05) is 24.8 Å². The molecule has 0 fully saturated rings. The second kappa shape index (κ2) is 6.85. The van der Waals surface area contributed by atoms with Gasteiger partial charge in [0.15, 0.2) is 0 Å². The second-order valence-electron chi connectivity index (χ2n) is 5.43. The van der Waals surface area contributed by atoms with Crippen LogP contribution in [-0.4, -0.2) is 18.2 Å². The van der Waals surface area contributed by atoms with Gasteiger partial charge in [0.2, 0.25) is 0 Å². The molecule has 0 bridgehead atoms. The Kier molecular flexibility index (Phi) is 5.45. The predicted molar refractivity (Wildman–Crippen MR) is 81.3 cm³/mol. The molecule has 0 aromatic heterocycles. The van der Waals surface area contributed by atoms with Crippen molar-refractivity contribution in [3.05, 3.63) is 29.3 Å². The first-order valence-electron chi connectivity index (χ1n) is 6.66. The van der Waals surface area contributed by atoms with Gasteiger partial charge in [-0.25, -0.2) is 4.79 Å². The third-order valence-corrected chi connectivity index (χ3v) is 2.47. The summed E-state index contributed by atoms with van der Waals surface area (Å²) in [6.07, 6.45) is 0.465. The molecule has 0 heterocycles. The van der Waals surface area contributed by atoms with Crippen LogP contribution in [0.2, 0.25) is 0 Å². The molecule has 4 heteroatoms. The first-order valence-corrected chi connectivity index (χ1v) is 6.66. The van der Waals surface area contributed by atoms with Crippen LogP contribution in [0.5, 0.6) is 0 Å². The van der Waals surface area contributed by atoms with Gasteiger partial charge in [0.25, 0.3) is 0 Å². The van der Waals surface area contributed by atoms with Crippen LogP contribution in [0.3, 0.4) is 0 Å². The Hall–Kier alpha value is -2.15. The number of alkyl carbamates (subject to hydrolysis) is 1. The van der Waals surface area contributed by atoms with Crippen LogP contribution < -0.4 is 11.1 Å². The number of anilines is 1. The minimum atomic E-state index is -0.503. The molecule has 0 atom stereocenters. The van der Waals surface area contributed by atoms with Gasteiger partial charge in [0, 0.05) is 11.3 Å². The zero-order chi connectivity index (χ0) is 15.2. The third kappa shape index (κ3) is 5.66. The number of amides is 1. The van der Waals surface area contributed by atoms with E-state index in [1.807, 2.05) is 39.0 Å². The normalized spacial score (nSPS) is 10.4. The fourth-order valence-corrected chi connectivity index (χ4v) is 1.50.